The summed E-state index contributed by atoms with van der Waals surface area (Å²) in [5, 5.41) is 5.61. The first-order valence-electron chi connectivity index (χ1n) is 13.6. The third-order valence-corrected chi connectivity index (χ3v) is 8.09. The molecule has 0 spiro atoms. The lowest BCUT2D eigenvalue weighted by atomic mass is 9.91. The Balaban J connectivity index is 1.32. The van der Waals surface area contributed by atoms with E-state index in [2.05, 4.69) is 33.2 Å². The number of morpholine rings is 1. The smallest absolute Gasteiger partial charge is 0.325 e. The van der Waals surface area contributed by atoms with Gasteiger partial charge in [0.1, 0.15) is 17.8 Å². The zero-order valence-electron chi connectivity index (χ0n) is 23.0. The number of urea groups is 1. The molecule has 218 valence electrons. The molecular formula is C31H31IN4O6. The summed E-state index contributed by atoms with van der Waals surface area (Å²) in [5.41, 5.74) is 1.92. The Bertz CT molecular complexity index is 1430. The summed E-state index contributed by atoms with van der Waals surface area (Å²) >= 11 is 2.18. The number of imide groups is 1. The fourth-order valence-corrected chi connectivity index (χ4v) is 5.40. The minimum atomic E-state index is -1.10. The van der Waals surface area contributed by atoms with Crippen molar-refractivity contribution < 1.29 is 28.7 Å². The van der Waals surface area contributed by atoms with Gasteiger partial charge in [0.25, 0.3) is 11.8 Å². The minimum Gasteiger partial charge on any atom is -0.484 e. The average molecular weight is 683 g/mol. The maximum atomic E-state index is 13.7. The lowest BCUT2D eigenvalue weighted by Crippen LogP contribution is -2.50. The lowest BCUT2D eigenvalue weighted by Gasteiger charge is -2.30. The number of carbonyl (C=O) groups excluding carboxylic acids is 4. The number of rotatable bonds is 9. The van der Waals surface area contributed by atoms with Crippen LogP contribution in [0.4, 0.5) is 10.5 Å². The van der Waals surface area contributed by atoms with Gasteiger partial charge < -0.3 is 25.0 Å². The topological polar surface area (TPSA) is 117 Å². The molecule has 11 heteroatoms. The van der Waals surface area contributed by atoms with Crippen LogP contribution in [-0.4, -0.2) is 72.5 Å². The van der Waals surface area contributed by atoms with Gasteiger partial charge in [-0.05, 0) is 70.1 Å². The average Bonchev–Trinajstić information content (AvgIpc) is 3.31. The second kappa shape index (κ2) is 13.3. The Morgan fingerprint density at radius 3 is 2.33 bits per heavy atom. The Morgan fingerprint density at radius 1 is 1.00 bits per heavy atom. The highest BCUT2D eigenvalue weighted by Gasteiger charge is 2.47. The third-order valence-electron chi connectivity index (χ3n) is 7.37. The number of hydrogen-bond donors (Lipinski definition) is 2. The van der Waals surface area contributed by atoms with Crippen LogP contribution >= 0.6 is 22.6 Å². The Kier molecular flexibility index (Phi) is 9.38. The summed E-state index contributed by atoms with van der Waals surface area (Å²) in [6.45, 7) is 3.81. The number of carbonyl (C=O) groups is 4. The Morgan fingerprint density at radius 2 is 1.67 bits per heavy atom. The number of ether oxygens (including phenoxy) is 2. The summed E-state index contributed by atoms with van der Waals surface area (Å²) in [6, 6.07) is 20.5. The molecule has 2 heterocycles. The molecule has 5 amide bonds. The van der Waals surface area contributed by atoms with Crippen LogP contribution < -0.4 is 15.4 Å². The Hall–Kier alpha value is -3.97. The van der Waals surface area contributed by atoms with E-state index in [1.165, 1.54) is 0 Å². The van der Waals surface area contributed by atoms with Crippen molar-refractivity contribution in [3.05, 3.63) is 93.6 Å². The molecule has 2 aliphatic rings. The third kappa shape index (κ3) is 6.73. The largest absolute Gasteiger partial charge is 0.484 e. The van der Waals surface area contributed by atoms with Crippen LogP contribution in [0.25, 0.3) is 0 Å². The second-order valence-electron chi connectivity index (χ2n) is 10.1. The van der Waals surface area contributed by atoms with Gasteiger partial charge in [-0.15, -0.1) is 0 Å². The van der Waals surface area contributed by atoms with Gasteiger partial charge in [0.2, 0.25) is 5.91 Å². The van der Waals surface area contributed by atoms with Crippen LogP contribution in [0.1, 0.15) is 30.0 Å². The first-order chi connectivity index (χ1) is 20.3. The van der Waals surface area contributed by atoms with Crippen molar-refractivity contribution in [1.29, 1.82) is 0 Å². The van der Waals surface area contributed by atoms with E-state index in [1.807, 2.05) is 49.4 Å². The molecule has 0 saturated carbocycles. The maximum Gasteiger partial charge on any atom is 0.325 e. The van der Waals surface area contributed by atoms with Crippen molar-refractivity contribution in [2.24, 2.45) is 0 Å². The van der Waals surface area contributed by atoms with Crippen LogP contribution in [0.2, 0.25) is 0 Å². The second-order valence-corrected chi connectivity index (χ2v) is 11.3. The van der Waals surface area contributed by atoms with E-state index in [-0.39, 0.29) is 12.5 Å². The molecule has 5 rings (SSSR count). The fourth-order valence-electron chi connectivity index (χ4n) is 5.05. The summed E-state index contributed by atoms with van der Waals surface area (Å²) < 4.78 is 11.9. The molecular weight excluding hydrogens is 651 g/mol. The predicted octanol–water partition coefficient (Wildman–Crippen LogP) is 3.93. The van der Waals surface area contributed by atoms with Crippen molar-refractivity contribution in [2.75, 3.05) is 38.2 Å². The number of halogens is 1. The van der Waals surface area contributed by atoms with E-state index in [0.717, 1.165) is 14.0 Å². The molecule has 2 N–H and O–H groups in total. The highest BCUT2D eigenvalue weighted by atomic mass is 127. The number of anilines is 1. The molecule has 2 fully saturated rings. The molecule has 0 aliphatic carbocycles. The van der Waals surface area contributed by atoms with Crippen molar-refractivity contribution in [3.63, 3.8) is 0 Å². The van der Waals surface area contributed by atoms with Crippen LogP contribution in [0.3, 0.4) is 0 Å². The van der Waals surface area contributed by atoms with Crippen LogP contribution in [0, 0.1) is 3.57 Å². The molecule has 3 aromatic rings. The Labute approximate surface area is 257 Å². The van der Waals surface area contributed by atoms with E-state index in [9.17, 15) is 19.2 Å². The van der Waals surface area contributed by atoms with E-state index in [4.69, 9.17) is 9.47 Å². The van der Waals surface area contributed by atoms with E-state index in [1.54, 1.807) is 41.3 Å². The van der Waals surface area contributed by atoms with Crippen LogP contribution in [0.15, 0.2) is 78.9 Å². The predicted molar refractivity (Wildman–Crippen MR) is 164 cm³/mol. The molecule has 3 aromatic carbocycles. The lowest BCUT2D eigenvalue weighted by molar-refractivity contribution is -0.137. The first kappa shape index (κ1) is 29.5. The molecule has 42 heavy (non-hydrogen) atoms. The molecule has 0 bridgehead atoms. The molecule has 2 saturated heterocycles. The molecule has 0 radical (unpaired) electrons. The maximum absolute atomic E-state index is 13.7. The molecule has 2 aliphatic heterocycles. The number of nitrogens with one attached hydrogen (secondary N) is 2. The summed E-state index contributed by atoms with van der Waals surface area (Å²) in [4.78, 5) is 55.8. The monoisotopic (exact) mass is 682 g/mol. The van der Waals surface area contributed by atoms with E-state index >= 15 is 0 Å². The zero-order valence-corrected chi connectivity index (χ0v) is 25.2. The SMILES string of the molecule is C[C@@H](c1ccccc1)[C@@H](C(=O)Nc1ccc(I)cc1)N1C(=O)NC(c2ccc(OCC(=O)N3CCOCC3)cc2)C1=O. The standard InChI is InChI=1S/C31H31IN4O6/c1-20(21-5-3-2-4-6-21)28(29(38)33-24-11-9-23(32)10-12-24)36-30(39)27(34-31(36)40)22-7-13-25(14-8-22)42-19-26(37)35-15-17-41-18-16-35/h2-14,20,27-28H,15-19H2,1H3,(H,33,38)(H,34,40)/t20-,27?,28-/m0/s1. The normalized spacial score (nSPS) is 18.3. The summed E-state index contributed by atoms with van der Waals surface area (Å²) in [7, 11) is 0. The van der Waals surface area contributed by atoms with Gasteiger partial charge in [-0.25, -0.2) is 9.69 Å². The fraction of sp³-hybridized carbons (Fsp3) is 0.290. The van der Waals surface area contributed by atoms with Gasteiger partial charge >= 0.3 is 6.03 Å². The number of nitrogens with zero attached hydrogens (tertiary/aromatic N) is 2. The van der Waals surface area contributed by atoms with Crippen molar-refractivity contribution in [1.82, 2.24) is 15.1 Å². The first-order valence-corrected chi connectivity index (χ1v) is 14.7. The van der Waals surface area contributed by atoms with Crippen LogP contribution in [0.5, 0.6) is 5.75 Å². The van der Waals surface area contributed by atoms with E-state index < -0.39 is 35.8 Å². The number of benzene rings is 3. The summed E-state index contributed by atoms with van der Waals surface area (Å²) in [5.74, 6) is -1.14. The zero-order chi connectivity index (χ0) is 29.6. The number of hydrogen-bond acceptors (Lipinski definition) is 6. The van der Waals surface area contributed by atoms with Gasteiger partial charge in [0.15, 0.2) is 6.61 Å². The van der Waals surface area contributed by atoms with Gasteiger partial charge in [0.05, 0.1) is 13.2 Å². The van der Waals surface area contributed by atoms with Gasteiger partial charge in [-0.1, -0.05) is 49.4 Å². The minimum absolute atomic E-state index is 0.110. The molecule has 3 atom stereocenters. The van der Waals surface area contributed by atoms with Crippen molar-refractivity contribution >= 4 is 52.0 Å². The van der Waals surface area contributed by atoms with Gasteiger partial charge in [-0.2, -0.15) is 0 Å². The van der Waals surface area contributed by atoms with E-state index in [0.29, 0.717) is 43.3 Å². The highest BCUT2D eigenvalue weighted by molar-refractivity contribution is 14.1. The molecule has 0 aromatic heterocycles. The van der Waals surface area contributed by atoms with Gasteiger partial charge in [0, 0.05) is 28.3 Å². The number of amides is 5. The van der Waals surface area contributed by atoms with Crippen molar-refractivity contribution in [2.45, 2.75) is 24.9 Å². The van der Waals surface area contributed by atoms with Crippen molar-refractivity contribution in [3.8, 4) is 5.75 Å². The highest BCUT2D eigenvalue weighted by Crippen LogP contribution is 2.31. The van der Waals surface area contributed by atoms with Gasteiger partial charge in [-0.3, -0.25) is 14.4 Å². The molecule has 1 unspecified atom stereocenters. The van der Waals surface area contributed by atoms with Crippen LogP contribution in [-0.2, 0) is 19.1 Å². The summed E-state index contributed by atoms with van der Waals surface area (Å²) in [6.07, 6.45) is 0. The molecule has 10 nitrogen and oxygen atoms in total. The quantitative estimate of drug-likeness (QED) is 0.261.